The van der Waals surface area contributed by atoms with E-state index in [1.165, 1.54) is 17.2 Å². The molecular formula is C26H20N4. The summed E-state index contributed by atoms with van der Waals surface area (Å²) in [7, 11) is 0. The molecule has 0 fully saturated rings. The Kier molecular flexibility index (Phi) is 5.35. The molecule has 1 aromatic carbocycles. The van der Waals surface area contributed by atoms with E-state index in [0.717, 1.165) is 43.3 Å². The Bertz CT molecular complexity index is 1160. The van der Waals surface area contributed by atoms with Crippen LogP contribution in [0.15, 0.2) is 70.4 Å². The molecule has 7 aliphatic rings. The van der Waals surface area contributed by atoms with Gasteiger partial charge in [-0.15, -0.1) is 0 Å². The van der Waals surface area contributed by atoms with E-state index in [1.54, 1.807) is 0 Å². The van der Waals surface area contributed by atoms with Crippen molar-refractivity contribution in [1.82, 2.24) is 0 Å². The molecule has 3 atom stereocenters. The fourth-order valence-corrected chi connectivity index (χ4v) is 5.10. The number of aryl methyl sites for hydroxylation is 2. The fourth-order valence-electron chi connectivity index (χ4n) is 5.10. The Morgan fingerprint density at radius 1 is 0.900 bits per heavy atom. The van der Waals surface area contributed by atoms with Gasteiger partial charge in [-0.1, -0.05) is 47.6 Å². The zero-order valence-electron chi connectivity index (χ0n) is 16.6. The molecule has 0 N–H and O–H groups in total. The van der Waals surface area contributed by atoms with Crippen LogP contribution in [0.2, 0.25) is 0 Å². The second kappa shape index (κ2) is 8.25. The zero-order valence-corrected chi connectivity index (χ0v) is 16.6. The molecule has 1 aromatic rings. The van der Waals surface area contributed by atoms with Gasteiger partial charge in [0.15, 0.2) is 0 Å². The van der Waals surface area contributed by atoms with E-state index in [2.05, 4.69) is 54.6 Å². The van der Waals surface area contributed by atoms with Gasteiger partial charge in [-0.05, 0) is 43.2 Å². The van der Waals surface area contributed by atoms with Crippen molar-refractivity contribution in [3.05, 3.63) is 81.5 Å². The molecule has 0 radical (unpaired) electrons. The maximum Gasteiger partial charge on any atom is 0.0967 e. The molecule has 8 rings (SSSR count). The summed E-state index contributed by atoms with van der Waals surface area (Å²) in [6.45, 7) is 0. The predicted molar refractivity (Wildman–Crippen MR) is 112 cm³/mol. The Morgan fingerprint density at radius 2 is 1.60 bits per heavy atom. The smallest absolute Gasteiger partial charge is 0.0967 e. The van der Waals surface area contributed by atoms with Crippen LogP contribution in [0.1, 0.15) is 30.4 Å². The van der Waals surface area contributed by atoms with Gasteiger partial charge in [-0.3, -0.25) is 0 Å². The topological polar surface area (TPSA) is 95.2 Å². The van der Waals surface area contributed by atoms with E-state index in [9.17, 15) is 21.0 Å². The van der Waals surface area contributed by atoms with Crippen molar-refractivity contribution < 1.29 is 0 Å². The standard InChI is InChI=1S/C26H20N4/c27-12-11-20(14-28)26-21-6-2-4-18-9-7-17(8-10-18)3-1-5-19-13-22(21)23(15-29)24(16-30)25(19)26/h6-11,13,22,25-26H,1-5H2/b20-11+,21-6-/t22-,25-,26-/m0/s1. The van der Waals surface area contributed by atoms with Crippen molar-refractivity contribution in [3.63, 3.8) is 0 Å². The molecule has 0 saturated heterocycles. The van der Waals surface area contributed by atoms with Crippen LogP contribution < -0.4 is 0 Å². The monoisotopic (exact) mass is 388 g/mol. The first-order chi connectivity index (χ1) is 14.7. The highest BCUT2D eigenvalue weighted by Crippen LogP contribution is 2.54. The van der Waals surface area contributed by atoms with Crippen molar-refractivity contribution in [2.75, 3.05) is 0 Å². The molecule has 0 aromatic heterocycles. The third-order valence-corrected chi connectivity index (χ3v) is 6.44. The molecule has 0 saturated carbocycles. The van der Waals surface area contributed by atoms with Crippen molar-refractivity contribution in [2.24, 2.45) is 17.8 Å². The Morgan fingerprint density at radius 3 is 2.23 bits per heavy atom. The van der Waals surface area contributed by atoms with Crippen LogP contribution in [-0.2, 0) is 12.8 Å². The molecule has 0 spiro atoms. The molecule has 30 heavy (non-hydrogen) atoms. The maximum absolute atomic E-state index is 9.90. The highest BCUT2D eigenvalue weighted by Gasteiger charge is 2.47. The van der Waals surface area contributed by atoms with Crippen molar-refractivity contribution in [3.8, 4) is 24.3 Å². The van der Waals surface area contributed by atoms with E-state index in [1.807, 2.05) is 6.07 Å². The lowest BCUT2D eigenvalue weighted by Crippen LogP contribution is -2.36. The SMILES string of the molecule is N#C/C=C(\C#N)[C@H]1/C2=C\CCc3ccc(cc3)CCCC3=C[C@@H]2C(C#N)=C(C#N)[C@H]31. The van der Waals surface area contributed by atoms with Crippen molar-refractivity contribution >= 4 is 0 Å². The number of nitrogens with zero attached hydrogens (tertiary/aromatic N) is 4. The molecule has 0 aliphatic heterocycles. The summed E-state index contributed by atoms with van der Waals surface area (Å²) in [5.41, 5.74) is 5.99. The third-order valence-electron chi connectivity index (χ3n) is 6.44. The summed E-state index contributed by atoms with van der Waals surface area (Å²) >= 11 is 0. The maximum atomic E-state index is 9.90. The van der Waals surface area contributed by atoms with Crippen LogP contribution in [-0.4, -0.2) is 0 Å². The fraction of sp³-hybridized carbons (Fsp3) is 0.308. The number of allylic oxidation sites excluding steroid dienone is 8. The first kappa shape index (κ1) is 19.5. The molecule has 0 amide bonds. The summed E-state index contributed by atoms with van der Waals surface area (Å²) in [6.07, 6.45) is 9.91. The zero-order chi connectivity index (χ0) is 21.1. The Hall–Kier alpha value is -3.86. The Labute approximate surface area is 177 Å². The van der Waals surface area contributed by atoms with E-state index in [4.69, 9.17) is 0 Å². The second-order valence-electron chi connectivity index (χ2n) is 7.98. The van der Waals surface area contributed by atoms with Gasteiger partial charge >= 0.3 is 0 Å². The molecule has 4 nitrogen and oxygen atoms in total. The third kappa shape index (κ3) is 3.24. The minimum atomic E-state index is -0.338. The average Bonchev–Trinajstić information content (AvgIpc) is 2.78. The highest BCUT2D eigenvalue weighted by atomic mass is 14.5. The van der Waals surface area contributed by atoms with Crippen LogP contribution in [0, 0.1) is 63.1 Å². The average molecular weight is 388 g/mol. The van der Waals surface area contributed by atoms with Crippen LogP contribution in [0.5, 0.6) is 0 Å². The first-order valence-electron chi connectivity index (χ1n) is 10.2. The van der Waals surface area contributed by atoms with Gasteiger partial charge in [-0.25, -0.2) is 0 Å². The molecule has 144 valence electrons. The minimum Gasteiger partial charge on any atom is -0.193 e. The van der Waals surface area contributed by atoms with E-state index in [0.29, 0.717) is 16.7 Å². The number of rotatable bonds is 1. The second-order valence-corrected chi connectivity index (χ2v) is 7.98. The minimum absolute atomic E-state index is 0.283. The lowest BCUT2D eigenvalue weighted by molar-refractivity contribution is 0.458. The number of nitriles is 4. The summed E-state index contributed by atoms with van der Waals surface area (Å²) in [5.74, 6) is -0.951. The summed E-state index contributed by atoms with van der Waals surface area (Å²) < 4.78 is 0. The van der Waals surface area contributed by atoms with Gasteiger partial charge in [0.05, 0.1) is 35.4 Å². The highest BCUT2D eigenvalue weighted by molar-refractivity contribution is 5.61. The molecule has 0 heterocycles. The molecular weight excluding hydrogens is 368 g/mol. The first-order valence-corrected chi connectivity index (χ1v) is 10.2. The number of hydrogen-bond acceptors (Lipinski definition) is 4. The summed E-state index contributed by atoms with van der Waals surface area (Å²) in [4.78, 5) is 0. The van der Waals surface area contributed by atoms with Gasteiger partial charge in [0.25, 0.3) is 0 Å². The molecule has 6 bridgehead atoms. The van der Waals surface area contributed by atoms with E-state index in [-0.39, 0.29) is 17.8 Å². The van der Waals surface area contributed by atoms with Crippen LogP contribution in [0.4, 0.5) is 0 Å². The van der Waals surface area contributed by atoms with E-state index < -0.39 is 0 Å². The van der Waals surface area contributed by atoms with Gasteiger partial charge < -0.3 is 0 Å². The van der Waals surface area contributed by atoms with Gasteiger partial charge in [0, 0.05) is 29.4 Å². The van der Waals surface area contributed by atoms with Gasteiger partial charge in [-0.2, -0.15) is 21.0 Å². The number of benzene rings is 1. The quantitative estimate of drug-likeness (QED) is 0.499. The number of hydrogen-bond donors (Lipinski definition) is 0. The molecule has 4 heteroatoms. The van der Waals surface area contributed by atoms with Crippen LogP contribution in [0.3, 0.4) is 0 Å². The van der Waals surface area contributed by atoms with Crippen molar-refractivity contribution in [1.29, 1.82) is 21.0 Å². The summed E-state index contributed by atoms with van der Waals surface area (Å²) in [6, 6.07) is 17.5. The lowest BCUT2D eigenvalue weighted by Gasteiger charge is -2.43. The van der Waals surface area contributed by atoms with Crippen LogP contribution in [0.25, 0.3) is 0 Å². The normalized spacial score (nSPS) is 27.1. The largest absolute Gasteiger partial charge is 0.193 e. The van der Waals surface area contributed by atoms with Crippen LogP contribution >= 0.6 is 0 Å². The van der Waals surface area contributed by atoms with Gasteiger partial charge in [0.2, 0.25) is 0 Å². The summed E-state index contributed by atoms with van der Waals surface area (Å²) in [5, 5.41) is 38.8. The molecule has 7 aliphatic carbocycles. The van der Waals surface area contributed by atoms with Crippen molar-refractivity contribution in [2.45, 2.75) is 32.1 Å². The van der Waals surface area contributed by atoms with E-state index >= 15 is 0 Å². The lowest BCUT2D eigenvalue weighted by atomic mass is 9.57. The Balaban J connectivity index is 1.89. The molecule has 0 unspecified atom stereocenters. The predicted octanol–water partition coefficient (Wildman–Crippen LogP) is 5.00. The van der Waals surface area contributed by atoms with Gasteiger partial charge in [0.1, 0.15) is 0 Å².